The maximum atomic E-state index is 12.9. The van der Waals surface area contributed by atoms with Gasteiger partial charge < -0.3 is 22.0 Å². The molecule has 14 heteroatoms. The highest BCUT2D eigenvalue weighted by molar-refractivity contribution is 6.04. The Balaban J connectivity index is 1.62. The van der Waals surface area contributed by atoms with Crippen molar-refractivity contribution >= 4 is 23.7 Å². The van der Waals surface area contributed by atoms with Crippen molar-refractivity contribution in [3.63, 3.8) is 0 Å². The molecule has 1 fully saturated rings. The van der Waals surface area contributed by atoms with E-state index in [4.69, 9.17) is 11.6 Å². The molecule has 194 valence electrons. The Morgan fingerprint density at radius 2 is 1.81 bits per heavy atom. The number of amides is 3. The molecule has 37 heavy (non-hydrogen) atoms. The Labute approximate surface area is 207 Å². The zero-order chi connectivity index (χ0) is 26.9. The molecule has 0 unspecified atom stereocenters. The number of carbonyl (C=O) groups is 3. The molecule has 6 N–H and O–H groups in total. The predicted molar refractivity (Wildman–Crippen MR) is 125 cm³/mol. The van der Waals surface area contributed by atoms with Gasteiger partial charge in [0.15, 0.2) is 11.5 Å². The number of aromatic nitrogens is 3. The number of nitrogens with zero attached hydrogens (tertiary/aromatic N) is 4. The molecule has 11 nitrogen and oxygen atoms in total. The third-order valence-electron chi connectivity index (χ3n) is 5.97. The van der Waals surface area contributed by atoms with Crippen LogP contribution in [0.2, 0.25) is 0 Å². The van der Waals surface area contributed by atoms with E-state index in [-0.39, 0.29) is 28.6 Å². The zero-order valence-corrected chi connectivity index (χ0v) is 19.2. The van der Waals surface area contributed by atoms with Crippen LogP contribution in [0.25, 0.3) is 11.3 Å². The van der Waals surface area contributed by atoms with Gasteiger partial charge in [0.1, 0.15) is 11.5 Å². The van der Waals surface area contributed by atoms with Gasteiger partial charge in [-0.1, -0.05) is 12.1 Å². The lowest BCUT2D eigenvalue weighted by atomic mass is 10.0. The standard InChI is InChI=1S/C23H22F3N7O4/c24-23(25,26)14-8-9-29-16(11-14)30-21(35)13-6-4-12(5-7-13)17-18(19(27)34)33(28)20(31-17)15-3-1-2-10-32(15)22(36)37/h4-9,11,15H,1-3,10,28H2,(H2,27,34)(H,36,37)(H,29,30,35)/t15-/m0/s1. The SMILES string of the molecule is NC(=O)c1c(-c2ccc(C(=O)Nc3cc(C(F)(F)F)ccn3)cc2)nc([C@@H]2CCCCN2C(=O)O)n1N. The van der Waals surface area contributed by atoms with Gasteiger partial charge in [0.2, 0.25) is 0 Å². The molecule has 0 aliphatic carbocycles. The number of piperidine rings is 1. The number of rotatable bonds is 5. The predicted octanol–water partition coefficient (Wildman–Crippen LogP) is 3.23. The fraction of sp³-hybridized carbons (Fsp3) is 0.261. The highest BCUT2D eigenvalue weighted by Crippen LogP contribution is 2.34. The molecule has 2 aromatic heterocycles. The summed E-state index contributed by atoms with van der Waals surface area (Å²) in [4.78, 5) is 45.9. The summed E-state index contributed by atoms with van der Waals surface area (Å²) in [6, 6.07) is 6.51. The minimum atomic E-state index is -4.59. The topological polar surface area (TPSA) is 169 Å². The number of anilines is 1. The molecule has 0 saturated carbocycles. The van der Waals surface area contributed by atoms with Crippen LogP contribution >= 0.6 is 0 Å². The minimum Gasteiger partial charge on any atom is -0.465 e. The average molecular weight is 517 g/mol. The highest BCUT2D eigenvalue weighted by Gasteiger charge is 2.34. The maximum Gasteiger partial charge on any atom is 0.416 e. The van der Waals surface area contributed by atoms with Crippen molar-refractivity contribution in [3.8, 4) is 11.3 Å². The van der Waals surface area contributed by atoms with Crippen molar-refractivity contribution in [1.29, 1.82) is 0 Å². The number of hydrogen-bond acceptors (Lipinski definition) is 6. The first-order valence-electron chi connectivity index (χ1n) is 11.1. The summed E-state index contributed by atoms with van der Waals surface area (Å²) in [5.41, 5.74) is 5.00. The maximum absolute atomic E-state index is 12.9. The lowest BCUT2D eigenvalue weighted by molar-refractivity contribution is -0.137. The number of nitrogens with two attached hydrogens (primary N) is 2. The summed E-state index contributed by atoms with van der Waals surface area (Å²) in [5, 5.41) is 11.9. The summed E-state index contributed by atoms with van der Waals surface area (Å²) in [6.45, 7) is 0.290. The van der Waals surface area contributed by atoms with E-state index in [0.29, 0.717) is 31.0 Å². The van der Waals surface area contributed by atoms with Crippen molar-refractivity contribution in [3.05, 3.63) is 65.2 Å². The number of imidazole rings is 1. The van der Waals surface area contributed by atoms with Gasteiger partial charge in [-0.3, -0.25) is 14.5 Å². The summed E-state index contributed by atoms with van der Waals surface area (Å²) in [6.07, 6.45) is -2.91. The second kappa shape index (κ2) is 9.79. The smallest absolute Gasteiger partial charge is 0.416 e. The van der Waals surface area contributed by atoms with E-state index in [1.54, 1.807) is 0 Å². The first-order chi connectivity index (χ1) is 17.5. The molecule has 1 atom stereocenters. The van der Waals surface area contributed by atoms with Crippen LogP contribution in [0.3, 0.4) is 0 Å². The second-order valence-electron chi connectivity index (χ2n) is 8.35. The third kappa shape index (κ3) is 5.17. The van der Waals surface area contributed by atoms with E-state index in [9.17, 15) is 32.7 Å². The van der Waals surface area contributed by atoms with E-state index in [0.717, 1.165) is 23.4 Å². The molecule has 3 aromatic rings. The van der Waals surface area contributed by atoms with Gasteiger partial charge in [-0.15, -0.1) is 0 Å². The second-order valence-corrected chi connectivity index (χ2v) is 8.35. The number of hydrogen-bond donors (Lipinski definition) is 4. The molecule has 0 radical (unpaired) electrons. The molecule has 4 rings (SSSR count). The Kier molecular flexibility index (Phi) is 6.74. The van der Waals surface area contributed by atoms with Crippen molar-refractivity contribution in [2.24, 2.45) is 5.73 Å². The van der Waals surface area contributed by atoms with Gasteiger partial charge in [-0.05, 0) is 43.5 Å². The molecule has 1 saturated heterocycles. The van der Waals surface area contributed by atoms with Crippen LogP contribution in [-0.2, 0) is 6.18 Å². The normalized spacial score (nSPS) is 15.9. The number of carboxylic acid groups (broad SMARTS) is 1. The van der Waals surface area contributed by atoms with E-state index < -0.39 is 35.7 Å². The van der Waals surface area contributed by atoms with Crippen LogP contribution in [0, 0.1) is 0 Å². The van der Waals surface area contributed by atoms with Gasteiger partial charge in [0.05, 0.1) is 11.6 Å². The number of halogens is 3. The lowest BCUT2D eigenvalue weighted by Gasteiger charge is -2.32. The highest BCUT2D eigenvalue weighted by atomic mass is 19.4. The Bertz CT molecular complexity index is 1360. The molecular formula is C23H22F3N7O4. The molecule has 3 amide bonds. The summed E-state index contributed by atoms with van der Waals surface area (Å²) >= 11 is 0. The number of carbonyl (C=O) groups excluding carboxylic acids is 2. The number of benzene rings is 1. The third-order valence-corrected chi connectivity index (χ3v) is 5.97. The summed E-state index contributed by atoms with van der Waals surface area (Å²) < 4.78 is 39.7. The van der Waals surface area contributed by atoms with Gasteiger partial charge in [0, 0.05) is 23.9 Å². The van der Waals surface area contributed by atoms with Gasteiger partial charge in [-0.2, -0.15) is 13.2 Å². The van der Waals surface area contributed by atoms with Gasteiger partial charge >= 0.3 is 12.3 Å². The Morgan fingerprint density at radius 3 is 2.43 bits per heavy atom. The first-order valence-corrected chi connectivity index (χ1v) is 11.1. The molecule has 0 spiro atoms. The number of primary amides is 1. The van der Waals surface area contributed by atoms with Crippen LogP contribution in [0.5, 0.6) is 0 Å². The number of pyridine rings is 1. The van der Waals surface area contributed by atoms with Crippen LogP contribution in [0.4, 0.5) is 23.8 Å². The average Bonchev–Trinajstić information content (AvgIpc) is 3.21. The fourth-order valence-electron chi connectivity index (χ4n) is 4.19. The molecule has 0 bridgehead atoms. The van der Waals surface area contributed by atoms with Crippen molar-refractivity contribution in [1.82, 2.24) is 19.5 Å². The first kappa shape index (κ1) is 25.5. The Morgan fingerprint density at radius 1 is 1.11 bits per heavy atom. The van der Waals surface area contributed by atoms with Crippen LogP contribution < -0.4 is 16.9 Å². The van der Waals surface area contributed by atoms with Crippen molar-refractivity contribution < 1.29 is 32.7 Å². The number of nitrogens with one attached hydrogen (secondary N) is 1. The van der Waals surface area contributed by atoms with Crippen molar-refractivity contribution in [2.75, 3.05) is 17.7 Å². The lowest BCUT2D eigenvalue weighted by Crippen LogP contribution is -2.39. The molecule has 1 aliphatic rings. The molecule has 3 heterocycles. The monoisotopic (exact) mass is 517 g/mol. The van der Waals surface area contributed by atoms with Crippen molar-refractivity contribution in [2.45, 2.75) is 31.5 Å². The van der Waals surface area contributed by atoms with Gasteiger partial charge in [0.25, 0.3) is 11.8 Å². The quantitative estimate of drug-likeness (QED) is 0.377. The number of nitrogen functional groups attached to an aromatic ring is 1. The van der Waals surface area contributed by atoms with E-state index in [2.05, 4.69) is 15.3 Å². The molecular weight excluding hydrogens is 495 g/mol. The fourth-order valence-corrected chi connectivity index (χ4v) is 4.19. The zero-order valence-electron chi connectivity index (χ0n) is 19.2. The Hall–Kier alpha value is -4.62. The van der Waals surface area contributed by atoms with Crippen LogP contribution in [-0.4, -0.2) is 49.1 Å². The summed E-state index contributed by atoms with van der Waals surface area (Å²) in [7, 11) is 0. The molecule has 1 aromatic carbocycles. The number of likely N-dealkylation sites (tertiary alicyclic amines) is 1. The van der Waals surface area contributed by atoms with E-state index in [1.807, 2.05) is 0 Å². The summed E-state index contributed by atoms with van der Waals surface area (Å²) in [5.74, 6) is 4.41. The number of alkyl halides is 3. The van der Waals surface area contributed by atoms with Crippen LogP contribution in [0.1, 0.15) is 57.5 Å². The van der Waals surface area contributed by atoms with Gasteiger partial charge in [-0.25, -0.2) is 19.4 Å². The minimum absolute atomic E-state index is 0.0975. The largest absolute Gasteiger partial charge is 0.465 e. The van der Waals surface area contributed by atoms with E-state index >= 15 is 0 Å². The van der Waals surface area contributed by atoms with E-state index in [1.165, 1.54) is 29.2 Å². The molecule has 1 aliphatic heterocycles. The van der Waals surface area contributed by atoms with Crippen LogP contribution in [0.15, 0.2) is 42.6 Å².